The van der Waals surface area contributed by atoms with Crippen LogP contribution in [-0.2, 0) is 11.3 Å². The molecule has 1 aliphatic heterocycles. The first-order valence-electron chi connectivity index (χ1n) is 10.8. The molecule has 0 unspecified atom stereocenters. The van der Waals surface area contributed by atoms with E-state index in [0.717, 1.165) is 30.1 Å². The molecule has 0 saturated carbocycles. The maximum absolute atomic E-state index is 12.7. The maximum atomic E-state index is 12.7. The number of aromatic nitrogens is 4. The molecule has 0 bridgehead atoms. The molecule has 9 heteroatoms. The number of ether oxygens (including phenoxy) is 1. The van der Waals surface area contributed by atoms with E-state index in [-0.39, 0.29) is 11.2 Å². The van der Waals surface area contributed by atoms with Crippen LogP contribution >= 0.6 is 11.8 Å². The third kappa shape index (κ3) is 5.59. The number of hydrogen-bond acceptors (Lipinski definition) is 7. The number of piperidine rings is 1. The third-order valence-electron chi connectivity index (χ3n) is 5.50. The summed E-state index contributed by atoms with van der Waals surface area (Å²) in [6, 6.07) is 15.8. The maximum Gasteiger partial charge on any atom is 0.237 e. The van der Waals surface area contributed by atoms with Crippen molar-refractivity contribution >= 4 is 29.0 Å². The number of tetrazole rings is 1. The predicted molar refractivity (Wildman–Crippen MR) is 126 cm³/mol. The fourth-order valence-electron chi connectivity index (χ4n) is 3.65. The number of nitrogens with one attached hydrogen (secondary N) is 1. The van der Waals surface area contributed by atoms with Crippen LogP contribution in [-0.4, -0.2) is 51.6 Å². The molecule has 1 aliphatic rings. The number of methoxy groups -OCH3 is 1. The molecule has 1 atom stereocenters. The second kappa shape index (κ2) is 10.5. The highest BCUT2D eigenvalue weighted by Crippen LogP contribution is 2.25. The first kappa shape index (κ1) is 22.1. The van der Waals surface area contributed by atoms with E-state index in [1.807, 2.05) is 43.3 Å². The van der Waals surface area contributed by atoms with Gasteiger partial charge in [0.1, 0.15) is 5.75 Å². The van der Waals surface area contributed by atoms with Gasteiger partial charge in [-0.05, 0) is 78.6 Å². The van der Waals surface area contributed by atoms with Crippen LogP contribution in [0, 0.1) is 0 Å². The van der Waals surface area contributed by atoms with Crippen molar-refractivity contribution in [3.05, 3.63) is 54.1 Å². The minimum absolute atomic E-state index is 0.0836. The van der Waals surface area contributed by atoms with E-state index in [9.17, 15) is 4.79 Å². The normalized spacial score (nSPS) is 14.8. The highest BCUT2D eigenvalue weighted by Gasteiger charge is 2.19. The SMILES string of the molecule is COc1ccc(Cn2nnnc2S[C@H](C)C(=O)Nc2ccc(N3CCCCC3)cc2)cc1. The number of thioether (sulfide) groups is 1. The Kier molecular flexibility index (Phi) is 7.26. The van der Waals surface area contributed by atoms with Crippen LogP contribution in [0.4, 0.5) is 11.4 Å². The van der Waals surface area contributed by atoms with Crippen molar-refractivity contribution < 1.29 is 9.53 Å². The summed E-state index contributed by atoms with van der Waals surface area (Å²) in [4.78, 5) is 15.1. The number of amides is 1. The third-order valence-corrected chi connectivity index (χ3v) is 6.57. The predicted octanol–water partition coefficient (Wildman–Crippen LogP) is 3.84. The van der Waals surface area contributed by atoms with Crippen molar-refractivity contribution in [3.8, 4) is 5.75 Å². The Hall–Kier alpha value is -3.07. The number of carbonyl (C=O) groups is 1. The highest BCUT2D eigenvalue weighted by molar-refractivity contribution is 8.00. The second-order valence-corrected chi connectivity index (χ2v) is 9.12. The van der Waals surface area contributed by atoms with Crippen LogP contribution in [0.3, 0.4) is 0 Å². The van der Waals surface area contributed by atoms with Gasteiger partial charge in [-0.15, -0.1) is 5.10 Å². The monoisotopic (exact) mass is 452 g/mol. The van der Waals surface area contributed by atoms with Crippen molar-refractivity contribution in [1.29, 1.82) is 0 Å². The van der Waals surface area contributed by atoms with Crippen LogP contribution in [0.25, 0.3) is 0 Å². The summed E-state index contributed by atoms with van der Waals surface area (Å²) < 4.78 is 6.89. The molecular formula is C23H28N6O2S. The van der Waals surface area contributed by atoms with E-state index in [1.165, 1.54) is 36.7 Å². The molecule has 168 valence electrons. The summed E-state index contributed by atoms with van der Waals surface area (Å²) in [5, 5.41) is 15.2. The summed E-state index contributed by atoms with van der Waals surface area (Å²) in [5.74, 6) is 0.717. The average molecular weight is 453 g/mol. The standard InChI is InChI=1S/C23H28N6O2S/c1-17(22(30)24-19-8-10-20(11-9-19)28-14-4-3-5-15-28)32-23-25-26-27-29(23)16-18-6-12-21(31-2)13-7-18/h6-13,17H,3-5,14-16H2,1-2H3,(H,24,30)/t17-/m1/s1. The van der Waals surface area contributed by atoms with Crippen LogP contribution < -0.4 is 15.0 Å². The molecule has 1 N–H and O–H groups in total. The molecule has 1 saturated heterocycles. The Morgan fingerprint density at radius 3 is 2.50 bits per heavy atom. The van der Waals surface area contributed by atoms with E-state index in [2.05, 4.69) is 37.9 Å². The van der Waals surface area contributed by atoms with Crippen molar-refractivity contribution in [2.24, 2.45) is 0 Å². The number of hydrogen-bond donors (Lipinski definition) is 1. The lowest BCUT2D eigenvalue weighted by Gasteiger charge is -2.28. The molecule has 3 aromatic rings. The number of carbonyl (C=O) groups excluding carboxylic acids is 1. The quantitative estimate of drug-likeness (QED) is 0.520. The lowest BCUT2D eigenvalue weighted by atomic mass is 10.1. The molecule has 0 aliphatic carbocycles. The zero-order valence-electron chi connectivity index (χ0n) is 18.4. The lowest BCUT2D eigenvalue weighted by Crippen LogP contribution is -2.29. The molecule has 0 radical (unpaired) electrons. The van der Waals surface area contributed by atoms with Gasteiger partial charge in [-0.1, -0.05) is 23.9 Å². The molecule has 1 fully saturated rings. The molecule has 2 heterocycles. The smallest absolute Gasteiger partial charge is 0.237 e. The van der Waals surface area contributed by atoms with E-state index in [1.54, 1.807) is 11.8 Å². The van der Waals surface area contributed by atoms with Gasteiger partial charge >= 0.3 is 0 Å². The van der Waals surface area contributed by atoms with Crippen molar-refractivity contribution in [2.45, 2.75) is 43.1 Å². The molecule has 4 rings (SSSR count). The Bertz CT molecular complexity index is 1020. The number of nitrogens with zero attached hydrogens (tertiary/aromatic N) is 5. The van der Waals surface area contributed by atoms with Crippen LogP contribution in [0.15, 0.2) is 53.7 Å². The number of rotatable bonds is 8. The molecular weight excluding hydrogens is 424 g/mol. The molecule has 32 heavy (non-hydrogen) atoms. The Morgan fingerprint density at radius 1 is 1.09 bits per heavy atom. The van der Waals surface area contributed by atoms with Gasteiger partial charge < -0.3 is 15.0 Å². The molecule has 0 spiro atoms. The topological polar surface area (TPSA) is 85.2 Å². The van der Waals surface area contributed by atoms with Gasteiger partial charge in [-0.3, -0.25) is 4.79 Å². The summed E-state index contributed by atoms with van der Waals surface area (Å²) in [6.45, 7) is 4.58. The Labute approximate surface area is 192 Å². The lowest BCUT2D eigenvalue weighted by molar-refractivity contribution is -0.115. The molecule has 2 aromatic carbocycles. The van der Waals surface area contributed by atoms with E-state index >= 15 is 0 Å². The first-order chi connectivity index (χ1) is 15.6. The molecule has 8 nitrogen and oxygen atoms in total. The van der Waals surface area contributed by atoms with Gasteiger partial charge in [0.05, 0.1) is 18.9 Å². The molecule has 1 aromatic heterocycles. The summed E-state index contributed by atoms with van der Waals surface area (Å²) in [7, 11) is 1.64. The van der Waals surface area contributed by atoms with Gasteiger partial charge in [-0.25, -0.2) is 4.68 Å². The number of benzene rings is 2. The minimum Gasteiger partial charge on any atom is -0.497 e. The van der Waals surface area contributed by atoms with Crippen LogP contribution in [0.5, 0.6) is 5.75 Å². The summed E-state index contributed by atoms with van der Waals surface area (Å²) in [6.07, 6.45) is 3.79. The fraction of sp³-hybridized carbons (Fsp3) is 0.391. The Morgan fingerprint density at radius 2 is 1.81 bits per heavy atom. The van der Waals surface area contributed by atoms with Gasteiger partial charge in [0.25, 0.3) is 0 Å². The highest BCUT2D eigenvalue weighted by atomic mass is 32.2. The molecule has 1 amide bonds. The largest absolute Gasteiger partial charge is 0.497 e. The van der Waals surface area contributed by atoms with Gasteiger partial charge in [0.15, 0.2) is 0 Å². The van der Waals surface area contributed by atoms with Crippen molar-refractivity contribution in [3.63, 3.8) is 0 Å². The van der Waals surface area contributed by atoms with Gasteiger partial charge in [0, 0.05) is 24.5 Å². The van der Waals surface area contributed by atoms with E-state index < -0.39 is 0 Å². The number of anilines is 2. The fourth-order valence-corrected chi connectivity index (χ4v) is 4.44. The van der Waals surface area contributed by atoms with Gasteiger partial charge in [0.2, 0.25) is 11.1 Å². The van der Waals surface area contributed by atoms with Crippen molar-refractivity contribution in [2.75, 3.05) is 30.4 Å². The zero-order valence-corrected chi connectivity index (χ0v) is 19.2. The van der Waals surface area contributed by atoms with E-state index in [0.29, 0.717) is 11.7 Å². The Balaban J connectivity index is 1.33. The van der Waals surface area contributed by atoms with Gasteiger partial charge in [-0.2, -0.15) is 0 Å². The second-order valence-electron chi connectivity index (χ2n) is 7.81. The average Bonchev–Trinajstić information content (AvgIpc) is 3.27. The zero-order chi connectivity index (χ0) is 22.3. The first-order valence-corrected chi connectivity index (χ1v) is 11.7. The van der Waals surface area contributed by atoms with Crippen molar-refractivity contribution in [1.82, 2.24) is 20.2 Å². The summed E-state index contributed by atoms with van der Waals surface area (Å²) >= 11 is 1.34. The van der Waals surface area contributed by atoms with Crippen LogP contribution in [0.2, 0.25) is 0 Å². The van der Waals surface area contributed by atoms with Crippen LogP contribution in [0.1, 0.15) is 31.7 Å². The summed E-state index contributed by atoms with van der Waals surface area (Å²) in [5.41, 5.74) is 3.05. The van der Waals surface area contributed by atoms with E-state index in [4.69, 9.17) is 4.74 Å². The minimum atomic E-state index is -0.350.